The van der Waals surface area contributed by atoms with E-state index in [1.807, 2.05) is 0 Å². The van der Waals surface area contributed by atoms with Gasteiger partial charge in [-0.15, -0.1) is 0 Å². The highest BCUT2D eigenvalue weighted by atomic mass is 15.0. The van der Waals surface area contributed by atoms with Crippen molar-refractivity contribution >= 4 is 5.82 Å². The lowest BCUT2D eigenvalue weighted by Gasteiger charge is -2.24. The quantitative estimate of drug-likeness (QED) is 0.780. The first-order chi connectivity index (χ1) is 10.2. The number of rotatable bonds is 6. The zero-order valence-corrected chi connectivity index (χ0v) is 13.6. The third kappa shape index (κ3) is 3.56. The zero-order chi connectivity index (χ0) is 15.2. The van der Waals surface area contributed by atoms with Crippen LogP contribution in [0.25, 0.3) is 0 Å². The third-order valence-corrected chi connectivity index (χ3v) is 4.28. The fourth-order valence-corrected chi connectivity index (χ4v) is 3.16. The maximum Gasteiger partial charge on any atom is 0.144 e. The molecule has 21 heavy (non-hydrogen) atoms. The minimum atomic E-state index is 0.417. The SMILES string of the molecule is CCCCCNc1nc(C(C)C)c2c(c1C#N)CCCC2. The van der Waals surface area contributed by atoms with E-state index in [9.17, 15) is 5.26 Å². The molecule has 0 spiro atoms. The Morgan fingerprint density at radius 1 is 1.19 bits per heavy atom. The lowest BCUT2D eigenvalue weighted by Crippen LogP contribution is -2.16. The van der Waals surface area contributed by atoms with Gasteiger partial charge in [0.05, 0.1) is 5.56 Å². The predicted molar refractivity (Wildman–Crippen MR) is 87.7 cm³/mol. The van der Waals surface area contributed by atoms with Crippen LogP contribution in [0.5, 0.6) is 0 Å². The van der Waals surface area contributed by atoms with Gasteiger partial charge >= 0.3 is 0 Å². The Morgan fingerprint density at radius 3 is 2.52 bits per heavy atom. The van der Waals surface area contributed by atoms with E-state index in [1.54, 1.807) is 0 Å². The van der Waals surface area contributed by atoms with Crippen molar-refractivity contribution < 1.29 is 0 Å². The summed E-state index contributed by atoms with van der Waals surface area (Å²) in [6.45, 7) is 7.51. The monoisotopic (exact) mass is 285 g/mol. The standard InChI is InChI=1S/C18H27N3/c1-4-5-8-11-20-18-16(12-19)14-9-6-7-10-15(14)17(21-18)13(2)3/h13H,4-11H2,1-3H3,(H,20,21). The molecule has 0 saturated carbocycles. The number of pyridine rings is 1. The Bertz CT molecular complexity index is 526. The van der Waals surface area contributed by atoms with E-state index < -0.39 is 0 Å². The summed E-state index contributed by atoms with van der Waals surface area (Å²) in [5.41, 5.74) is 4.61. The molecule has 3 heteroatoms. The van der Waals surface area contributed by atoms with Crippen molar-refractivity contribution in [2.75, 3.05) is 11.9 Å². The van der Waals surface area contributed by atoms with Crippen LogP contribution in [0.15, 0.2) is 0 Å². The molecule has 2 rings (SSSR count). The molecular weight excluding hydrogens is 258 g/mol. The lowest BCUT2D eigenvalue weighted by molar-refractivity contribution is 0.658. The zero-order valence-electron chi connectivity index (χ0n) is 13.6. The van der Waals surface area contributed by atoms with Crippen molar-refractivity contribution in [1.82, 2.24) is 4.98 Å². The first-order valence-corrected chi connectivity index (χ1v) is 8.38. The average molecular weight is 285 g/mol. The molecule has 0 atom stereocenters. The second-order valence-corrected chi connectivity index (χ2v) is 6.29. The summed E-state index contributed by atoms with van der Waals surface area (Å²) in [7, 11) is 0. The van der Waals surface area contributed by atoms with Crippen LogP contribution in [0.4, 0.5) is 5.82 Å². The van der Waals surface area contributed by atoms with Gasteiger partial charge in [0.15, 0.2) is 0 Å². The van der Waals surface area contributed by atoms with E-state index in [2.05, 4.69) is 32.2 Å². The Hall–Kier alpha value is -1.56. The molecule has 0 amide bonds. The molecule has 0 bridgehead atoms. The summed E-state index contributed by atoms with van der Waals surface area (Å²) in [5, 5.41) is 13.0. The van der Waals surface area contributed by atoms with Crippen molar-refractivity contribution in [3.05, 3.63) is 22.4 Å². The smallest absolute Gasteiger partial charge is 0.144 e. The van der Waals surface area contributed by atoms with Crippen LogP contribution in [-0.2, 0) is 12.8 Å². The van der Waals surface area contributed by atoms with Crippen molar-refractivity contribution in [3.8, 4) is 6.07 Å². The molecule has 0 unspecified atom stereocenters. The highest BCUT2D eigenvalue weighted by Gasteiger charge is 2.23. The maximum atomic E-state index is 9.58. The average Bonchev–Trinajstić information content (AvgIpc) is 2.50. The predicted octanol–water partition coefficient (Wildman–Crippen LogP) is 4.56. The van der Waals surface area contributed by atoms with E-state index in [-0.39, 0.29) is 0 Å². The molecule has 1 aliphatic carbocycles. The molecule has 1 aromatic heterocycles. The number of anilines is 1. The largest absolute Gasteiger partial charge is 0.369 e. The summed E-state index contributed by atoms with van der Waals surface area (Å²) in [5.74, 6) is 1.23. The number of hydrogen-bond acceptors (Lipinski definition) is 3. The van der Waals surface area contributed by atoms with Crippen molar-refractivity contribution in [1.29, 1.82) is 5.26 Å². The second kappa shape index (κ2) is 7.45. The Balaban J connectivity index is 2.35. The van der Waals surface area contributed by atoms with E-state index in [0.29, 0.717) is 5.92 Å². The summed E-state index contributed by atoms with van der Waals surface area (Å²) >= 11 is 0. The lowest BCUT2D eigenvalue weighted by atomic mass is 9.85. The first kappa shape index (κ1) is 15.8. The van der Waals surface area contributed by atoms with Gasteiger partial charge in [-0.2, -0.15) is 5.26 Å². The second-order valence-electron chi connectivity index (χ2n) is 6.29. The number of unbranched alkanes of at least 4 members (excludes halogenated alkanes) is 2. The van der Waals surface area contributed by atoms with Gasteiger partial charge in [-0.3, -0.25) is 0 Å². The highest BCUT2D eigenvalue weighted by molar-refractivity contribution is 5.60. The topological polar surface area (TPSA) is 48.7 Å². The van der Waals surface area contributed by atoms with E-state index >= 15 is 0 Å². The number of fused-ring (bicyclic) bond motifs is 1. The van der Waals surface area contributed by atoms with E-state index in [4.69, 9.17) is 4.98 Å². The fraction of sp³-hybridized carbons (Fsp3) is 0.667. The summed E-state index contributed by atoms with van der Waals surface area (Å²) in [6.07, 6.45) is 8.10. The molecule has 0 aliphatic heterocycles. The summed E-state index contributed by atoms with van der Waals surface area (Å²) in [6, 6.07) is 2.41. The third-order valence-electron chi connectivity index (χ3n) is 4.28. The van der Waals surface area contributed by atoms with Gasteiger partial charge in [0.2, 0.25) is 0 Å². The Morgan fingerprint density at radius 2 is 1.90 bits per heavy atom. The molecule has 1 N–H and O–H groups in total. The van der Waals surface area contributed by atoms with Crippen molar-refractivity contribution in [3.63, 3.8) is 0 Å². The van der Waals surface area contributed by atoms with Crippen LogP contribution in [0, 0.1) is 11.3 Å². The number of hydrogen-bond donors (Lipinski definition) is 1. The number of nitrogens with one attached hydrogen (secondary N) is 1. The van der Waals surface area contributed by atoms with Gasteiger partial charge in [0, 0.05) is 12.2 Å². The van der Waals surface area contributed by atoms with Gasteiger partial charge in [0.1, 0.15) is 11.9 Å². The van der Waals surface area contributed by atoms with Crippen LogP contribution < -0.4 is 5.32 Å². The molecular formula is C18H27N3. The normalized spacial score (nSPS) is 13.9. The van der Waals surface area contributed by atoms with Crippen LogP contribution in [0.2, 0.25) is 0 Å². The highest BCUT2D eigenvalue weighted by Crippen LogP contribution is 2.33. The Kier molecular flexibility index (Phi) is 5.61. The van der Waals surface area contributed by atoms with E-state index in [1.165, 1.54) is 42.5 Å². The summed E-state index contributed by atoms with van der Waals surface area (Å²) < 4.78 is 0. The van der Waals surface area contributed by atoms with Gasteiger partial charge in [0.25, 0.3) is 0 Å². The fourth-order valence-electron chi connectivity index (χ4n) is 3.16. The number of nitrogens with zero attached hydrogens (tertiary/aromatic N) is 2. The molecule has 114 valence electrons. The van der Waals surface area contributed by atoms with Crippen LogP contribution in [0.3, 0.4) is 0 Å². The molecule has 1 aromatic rings. The maximum absolute atomic E-state index is 9.58. The molecule has 0 saturated heterocycles. The van der Waals surface area contributed by atoms with Crippen LogP contribution >= 0.6 is 0 Å². The van der Waals surface area contributed by atoms with Gasteiger partial charge in [-0.25, -0.2) is 4.98 Å². The Labute approximate surface area is 128 Å². The molecule has 1 heterocycles. The van der Waals surface area contributed by atoms with Crippen molar-refractivity contribution in [2.24, 2.45) is 0 Å². The van der Waals surface area contributed by atoms with E-state index in [0.717, 1.165) is 37.2 Å². The first-order valence-electron chi connectivity index (χ1n) is 8.38. The van der Waals surface area contributed by atoms with Gasteiger partial charge in [-0.05, 0) is 49.1 Å². The van der Waals surface area contributed by atoms with Gasteiger partial charge < -0.3 is 5.32 Å². The molecule has 1 aliphatic rings. The van der Waals surface area contributed by atoms with Crippen LogP contribution in [-0.4, -0.2) is 11.5 Å². The number of nitriles is 1. The molecule has 3 nitrogen and oxygen atoms in total. The molecule has 0 fully saturated rings. The minimum Gasteiger partial charge on any atom is -0.369 e. The van der Waals surface area contributed by atoms with Gasteiger partial charge in [-0.1, -0.05) is 33.6 Å². The van der Waals surface area contributed by atoms with Crippen molar-refractivity contribution in [2.45, 2.75) is 71.6 Å². The molecule has 0 aromatic carbocycles. The minimum absolute atomic E-state index is 0.417. The van der Waals surface area contributed by atoms with Crippen LogP contribution in [0.1, 0.15) is 81.2 Å². The summed E-state index contributed by atoms with van der Waals surface area (Å²) in [4.78, 5) is 4.82. The molecule has 0 radical (unpaired) electrons. The number of aromatic nitrogens is 1.